The van der Waals surface area contributed by atoms with Gasteiger partial charge in [-0.2, -0.15) is 0 Å². The van der Waals surface area contributed by atoms with E-state index in [9.17, 15) is 0 Å². The van der Waals surface area contributed by atoms with Gasteiger partial charge in [0, 0.05) is 0 Å². The highest BCUT2D eigenvalue weighted by molar-refractivity contribution is 6.14. The molecule has 0 fully saturated rings. The van der Waals surface area contributed by atoms with Crippen LogP contribution in [0, 0.1) is 0 Å². The minimum Gasteiger partial charge on any atom is -0.0622 e. The molecular weight excluding hydrogens is 432 g/mol. The van der Waals surface area contributed by atoms with E-state index in [0.717, 1.165) is 0 Å². The number of hydrogen-bond donors (Lipinski definition) is 0. The Labute approximate surface area is 211 Å². The minimum absolute atomic E-state index is 1.24. The molecule has 0 spiro atoms. The molecule has 0 unspecified atom stereocenters. The van der Waals surface area contributed by atoms with Gasteiger partial charge < -0.3 is 0 Å². The number of benzene rings is 7. The zero-order valence-corrected chi connectivity index (χ0v) is 19.9. The zero-order chi connectivity index (χ0) is 23.9. The number of hydrogen-bond acceptors (Lipinski definition) is 0. The van der Waals surface area contributed by atoms with Gasteiger partial charge >= 0.3 is 0 Å². The molecule has 7 aromatic rings. The van der Waals surface area contributed by atoms with Gasteiger partial charge in [0.25, 0.3) is 0 Å². The molecule has 7 aromatic carbocycles. The van der Waals surface area contributed by atoms with E-state index >= 15 is 0 Å². The Hall–Kier alpha value is -4.68. The van der Waals surface area contributed by atoms with Crippen molar-refractivity contribution >= 4 is 32.3 Å². The lowest BCUT2D eigenvalue weighted by atomic mass is 9.90. The molecule has 168 valence electrons. The Bertz CT molecular complexity index is 1880. The summed E-state index contributed by atoms with van der Waals surface area (Å²) in [5, 5.41) is 7.67. The molecule has 0 bridgehead atoms. The fourth-order valence-electron chi connectivity index (χ4n) is 5.40. The molecule has 0 heteroatoms. The van der Waals surface area contributed by atoms with Crippen LogP contribution in [0.1, 0.15) is 0 Å². The highest BCUT2D eigenvalue weighted by Crippen LogP contribution is 2.38. The van der Waals surface area contributed by atoms with E-state index < -0.39 is 0 Å². The molecule has 7 rings (SSSR count). The van der Waals surface area contributed by atoms with Gasteiger partial charge in [-0.25, -0.2) is 0 Å². The van der Waals surface area contributed by atoms with Crippen LogP contribution < -0.4 is 0 Å². The molecular formula is C36H24. The van der Waals surface area contributed by atoms with Crippen LogP contribution >= 0.6 is 0 Å². The quantitative estimate of drug-likeness (QED) is 0.232. The second-order valence-corrected chi connectivity index (χ2v) is 9.41. The topological polar surface area (TPSA) is 0 Å². The summed E-state index contributed by atoms with van der Waals surface area (Å²) < 4.78 is 0. The highest BCUT2D eigenvalue weighted by Gasteiger charge is 2.11. The number of rotatable bonds is 3. The molecule has 0 amide bonds. The second kappa shape index (κ2) is 8.52. The zero-order valence-electron chi connectivity index (χ0n) is 19.9. The molecule has 0 aliphatic rings. The predicted molar refractivity (Wildman–Crippen MR) is 155 cm³/mol. The van der Waals surface area contributed by atoms with Crippen LogP contribution in [0.25, 0.3) is 65.7 Å². The third kappa shape index (κ3) is 3.56. The van der Waals surface area contributed by atoms with Gasteiger partial charge in [-0.1, -0.05) is 121 Å². The summed E-state index contributed by atoms with van der Waals surface area (Å²) >= 11 is 0. The van der Waals surface area contributed by atoms with E-state index in [0.29, 0.717) is 0 Å². The number of fused-ring (bicyclic) bond motifs is 4. The van der Waals surface area contributed by atoms with E-state index in [1.165, 1.54) is 65.7 Å². The van der Waals surface area contributed by atoms with Gasteiger partial charge in [0.05, 0.1) is 0 Å². The second-order valence-electron chi connectivity index (χ2n) is 9.41. The van der Waals surface area contributed by atoms with Crippen molar-refractivity contribution in [3.05, 3.63) is 146 Å². The lowest BCUT2D eigenvalue weighted by Crippen LogP contribution is -1.87. The summed E-state index contributed by atoms with van der Waals surface area (Å²) in [5.74, 6) is 0. The van der Waals surface area contributed by atoms with Gasteiger partial charge in [0.2, 0.25) is 0 Å². The third-order valence-electron chi connectivity index (χ3n) is 7.22. The molecule has 0 saturated heterocycles. The van der Waals surface area contributed by atoms with Gasteiger partial charge in [-0.05, 0) is 90.0 Å². The van der Waals surface area contributed by atoms with Crippen molar-refractivity contribution in [2.24, 2.45) is 0 Å². The van der Waals surface area contributed by atoms with Crippen molar-refractivity contribution in [2.75, 3.05) is 0 Å². The van der Waals surface area contributed by atoms with Gasteiger partial charge in [-0.15, -0.1) is 0 Å². The average Bonchev–Trinajstić information content (AvgIpc) is 2.96. The summed E-state index contributed by atoms with van der Waals surface area (Å²) in [6, 6.07) is 52.9. The summed E-state index contributed by atoms with van der Waals surface area (Å²) in [5.41, 5.74) is 7.48. The van der Waals surface area contributed by atoms with Crippen molar-refractivity contribution < 1.29 is 0 Å². The van der Waals surface area contributed by atoms with Crippen molar-refractivity contribution in [1.29, 1.82) is 0 Å². The lowest BCUT2D eigenvalue weighted by Gasteiger charge is -2.14. The minimum atomic E-state index is 1.24. The first-order chi connectivity index (χ1) is 17.8. The third-order valence-corrected chi connectivity index (χ3v) is 7.22. The fraction of sp³-hybridized carbons (Fsp3) is 0. The molecule has 0 aromatic heterocycles. The van der Waals surface area contributed by atoms with E-state index in [-0.39, 0.29) is 0 Å². The Morgan fingerprint density at radius 3 is 1.75 bits per heavy atom. The van der Waals surface area contributed by atoms with Gasteiger partial charge in [0.15, 0.2) is 0 Å². The maximum atomic E-state index is 2.36. The van der Waals surface area contributed by atoms with Gasteiger partial charge in [-0.3, -0.25) is 0 Å². The first-order valence-corrected chi connectivity index (χ1v) is 12.4. The van der Waals surface area contributed by atoms with Crippen molar-refractivity contribution in [1.82, 2.24) is 0 Å². The van der Waals surface area contributed by atoms with Crippen molar-refractivity contribution in [3.8, 4) is 33.4 Å². The van der Waals surface area contributed by atoms with E-state index in [1.807, 2.05) is 0 Å². The van der Waals surface area contributed by atoms with Crippen LogP contribution in [0.15, 0.2) is 146 Å². The summed E-state index contributed by atoms with van der Waals surface area (Å²) in [4.78, 5) is 0. The highest BCUT2D eigenvalue weighted by atomic mass is 14.1. The summed E-state index contributed by atoms with van der Waals surface area (Å²) in [6.45, 7) is 0. The van der Waals surface area contributed by atoms with Crippen LogP contribution in [0.5, 0.6) is 0 Å². The van der Waals surface area contributed by atoms with Crippen molar-refractivity contribution in [3.63, 3.8) is 0 Å². The van der Waals surface area contributed by atoms with Crippen LogP contribution in [0.3, 0.4) is 0 Å². The smallest absolute Gasteiger partial charge is 0.00988 e. The Morgan fingerprint density at radius 1 is 0.250 bits per heavy atom. The molecule has 0 radical (unpaired) electrons. The first kappa shape index (κ1) is 20.7. The SMILES string of the molecule is c1ccc(-c2ccc3c(c2)cc(-c2cccc(-c4ccc5ccccc5c4)c2)c2ccccc23)cc1. The first-order valence-electron chi connectivity index (χ1n) is 12.4. The monoisotopic (exact) mass is 456 g/mol. The molecule has 0 heterocycles. The van der Waals surface area contributed by atoms with E-state index in [1.54, 1.807) is 0 Å². The fourth-order valence-corrected chi connectivity index (χ4v) is 5.40. The lowest BCUT2D eigenvalue weighted by molar-refractivity contribution is 1.62. The molecule has 0 N–H and O–H groups in total. The molecule has 0 saturated carbocycles. The molecule has 0 nitrogen and oxygen atoms in total. The Morgan fingerprint density at radius 2 is 0.861 bits per heavy atom. The maximum absolute atomic E-state index is 2.36. The van der Waals surface area contributed by atoms with Gasteiger partial charge in [0.1, 0.15) is 0 Å². The average molecular weight is 457 g/mol. The van der Waals surface area contributed by atoms with Crippen LogP contribution in [0.2, 0.25) is 0 Å². The largest absolute Gasteiger partial charge is 0.0622 e. The van der Waals surface area contributed by atoms with Crippen LogP contribution in [-0.4, -0.2) is 0 Å². The Kier molecular flexibility index (Phi) is 4.89. The molecule has 0 atom stereocenters. The maximum Gasteiger partial charge on any atom is -0.00988 e. The van der Waals surface area contributed by atoms with E-state index in [4.69, 9.17) is 0 Å². The predicted octanol–water partition coefficient (Wildman–Crippen LogP) is 10.1. The summed E-state index contributed by atoms with van der Waals surface area (Å²) in [6.07, 6.45) is 0. The molecule has 0 aliphatic carbocycles. The molecule has 36 heavy (non-hydrogen) atoms. The van der Waals surface area contributed by atoms with Crippen LogP contribution in [0.4, 0.5) is 0 Å². The Balaban J connectivity index is 1.42. The van der Waals surface area contributed by atoms with Crippen LogP contribution in [-0.2, 0) is 0 Å². The summed E-state index contributed by atoms with van der Waals surface area (Å²) in [7, 11) is 0. The standard InChI is InChI=1S/C36H24/c1-2-9-25(10-3-1)29-19-20-33-32(23-29)24-36(35-16-7-6-15-34(33)35)31-14-8-13-28(22-31)30-18-17-26-11-4-5-12-27(26)21-30/h1-24H. The normalized spacial score (nSPS) is 11.3. The van der Waals surface area contributed by atoms with E-state index in [2.05, 4.69) is 146 Å². The van der Waals surface area contributed by atoms with Crippen molar-refractivity contribution in [2.45, 2.75) is 0 Å². The molecule has 0 aliphatic heterocycles.